The summed E-state index contributed by atoms with van der Waals surface area (Å²) in [4.78, 5) is 12.3. The molecule has 1 aliphatic carbocycles. The van der Waals surface area contributed by atoms with Gasteiger partial charge in [-0.25, -0.2) is 0 Å². The lowest BCUT2D eigenvalue weighted by atomic mass is 9.73. The summed E-state index contributed by atoms with van der Waals surface area (Å²) in [6.45, 7) is 9.53. The second-order valence-corrected chi connectivity index (χ2v) is 7.73. The molecule has 0 saturated heterocycles. The summed E-state index contributed by atoms with van der Waals surface area (Å²) in [5.41, 5.74) is -0.681. The number of rotatable bonds is 7. The number of carbonyl (C=O) groups excluding carboxylic acids is 1. The molecular formula is C20H32O4. The van der Waals surface area contributed by atoms with Crippen LogP contribution in [0.2, 0.25) is 0 Å². The van der Waals surface area contributed by atoms with Crippen molar-refractivity contribution < 1.29 is 20.1 Å². The van der Waals surface area contributed by atoms with Gasteiger partial charge in [0.1, 0.15) is 5.60 Å². The van der Waals surface area contributed by atoms with Crippen molar-refractivity contribution in [3.05, 3.63) is 35.1 Å². The number of hydrogen-bond donors (Lipinski definition) is 3. The number of allylic oxidation sites excluding steroid dienone is 3. The summed E-state index contributed by atoms with van der Waals surface area (Å²) in [7, 11) is 0. The van der Waals surface area contributed by atoms with Gasteiger partial charge in [-0.15, -0.1) is 0 Å². The summed E-state index contributed by atoms with van der Waals surface area (Å²) in [5.74, 6) is -0.880. The van der Waals surface area contributed by atoms with Gasteiger partial charge in [-0.3, -0.25) is 4.79 Å². The Morgan fingerprint density at radius 3 is 2.42 bits per heavy atom. The van der Waals surface area contributed by atoms with Crippen LogP contribution >= 0.6 is 0 Å². The number of carbonyl (C=O) groups is 1. The third-order valence-corrected chi connectivity index (χ3v) is 4.39. The Bertz CT molecular complexity index is 552. The van der Waals surface area contributed by atoms with Crippen molar-refractivity contribution in [2.75, 3.05) is 0 Å². The SMILES string of the molecule is CC(C)=CCCC(C)=CCC1(O)CC(O)=CC(O)(C(=O)C(C)C)C1. The molecule has 2 atom stereocenters. The normalized spacial score (nSPS) is 27.8. The molecule has 0 amide bonds. The molecule has 0 radical (unpaired) electrons. The molecule has 0 aromatic carbocycles. The van der Waals surface area contributed by atoms with Crippen LogP contribution in [-0.4, -0.2) is 32.3 Å². The van der Waals surface area contributed by atoms with Gasteiger partial charge in [0.2, 0.25) is 0 Å². The van der Waals surface area contributed by atoms with Crippen LogP contribution < -0.4 is 0 Å². The predicted octanol–water partition coefficient (Wildman–Crippen LogP) is 3.99. The fourth-order valence-corrected chi connectivity index (χ4v) is 3.14. The molecule has 136 valence electrons. The van der Waals surface area contributed by atoms with E-state index in [2.05, 4.69) is 19.9 Å². The monoisotopic (exact) mass is 336 g/mol. The van der Waals surface area contributed by atoms with Gasteiger partial charge in [0.25, 0.3) is 0 Å². The van der Waals surface area contributed by atoms with Crippen LogP contribution in [0.15, 0.2) is 35.1 Å². The van der Waals surface area contributed by atoms with Crippen molar-refractivity contribution in [1.82, 2.24) is 0 Å². The molecule has 24 heavy (non-hydrogen) atoms. The highest BCUT2D eigenvalue weighted by atomic mass is 16.3. The summed E-state index contributed by atoms with van der Waals surface area (Å²) in [6.07, 6.45) is 7.42. The average molecular weight is 336 g/mol. The van der Waals surface area contributed by atoms with Gasteiger partial charge in [0.05, 0.1) is 11.4 Å². The molecule has 0 fully saturated rings. The minimum absolute atomic E-state index is 0.0540. The summed E-state index contributed by atoms with van der Waals surface area (Å²) in [6, 6.07) is 0. The van der Waals surface area contributed by atoms with Crippen LogP contribution in [0.3, 0.4) is 0 Å². The Labute approximate surface area is 145 Å². The van der Waals surface area contributed by atoms with Crippen LogP contribution in [0.1, 0.15) is 66.7 Å². The van der Waals surface area contributed by atoms with Crippen LogP contribution in [0.4, 0.5) is 0 Å². The first-order valence-electron chi connectivity index (χ1n) is 8.66. The van der Waals surface area contributed by atoms with Crippen molar-refractivity contribution in [3.8, 4) is 0 Å². The molecule has 0 spiro atoms. The fourth-order valence-electron chi connectivity index (χ4n) is 3.14. The van der Waals surface area contributed by atoms with E-state index in [9.17, 15) is 20.1 Å². The van der Waals surface area contributed by atoms with Crippen LogP contribution in [0.25, 0.3) is 0 Å². The average Bonchev–Trinajstić information content (AvgIpc) is 2.42. The third kappa shape index (κ3) is 5.91. The molecule has 0 aromatic heterocycles. The van der Waals surface area contributed by atoms with Crippen molar-refractivity contribution in [2.45, 2.75) is 77.9 Å². The number of ketones is 1. The molecule has 0 bridgehead atoms. The molecule has 0 aliphatic heterocycles. The van der Waals surface area contributed by atoms with Gasteiger partial charge in [0.15, 0.2) is 5.78 Å². The first kappa shape index (κ1) is 20.7. The Morgan fingerprint density at radius 1 is 1.25 bits per heavy atom. The van der Waals surface area contributed by atoms with Crippen molar-refractivity contribution in [1.29, 1.82) is 0 Å². The summed E-state index contributed by atoms with van der Waals surface area (Å²) >= 11 is 0. The molecule has 0 heterocycles. The van der Waals surface area contributed by atoms with E-state index in [4.69, 9.17) is 0 Å². The molecule has 1 rings (SSSR count). The maximum Gasteiger partial charge on any atom is 0.171 e. The van der Waals surface area contributed by atoms with E-state index < -0.39 is 11.2 Å². The van der Waals surface area contributed by atoms with E-state index in [0.29, 0.717) is 6.42 Å². The highest BCUT2D eigenvalue weighted by Crippen LogP contribution is 2.38. The van der Waals surface area contributed by atoms with Gasteiger partial charge in [-0.05, 0) is 46.1 Å². The Hall–Kier alpha value is -1.39. The molecule has 2 unspecified atom stereocenters. The van der Waals surface area contributed by atoms with Crippen molar-refractivity contribution >= 4 is 5.78 Å². The second-order valence-electron chi connectivity index (χ2n) is 7.73. The Balaban J connectivity index is 2.83. The standard InChI is InChI=1S/C20H32O4/c1-14(2)7-6-8-16(5)9-10-19(23)11-17(21)12-20(24,13-19)18(22)15(3)4/h7,9,12,15,21,23-24H,6,8,10-11,13H2,1-5H3. The number of hydrogen-bond acceptors (Lipinski definition) is 4. The quantitative estimate of drug-likeness (QED) is 0.614. The van der Waals surface area contributed by atoms with Crippen LogP contribution in [-0.2, 0) is 4.79 Å². The topological polar surface area (TPSA) is 77.8 Å². The highest BCUT2D eigenvalue weighted by molar-refractivity contribution is 5.91. The molecule has 1 aliphatic rings. The minimum atomic E-state index is -1.80. The molecule has 3 N–H and O–H groups in total. The lowest BCUT2D eigenvalue weighted by Gasteiger charge is -2.39. The lowest BCUT2D eigenvalue weighted by molar-refractivity contribution is -0.144. The largest absolute Gasteiger partial charge is 0.512 e. The number of aliphatic hydroxyl groups is 3. The predicted molar refractivity (Wildman–Crippen MR) is 96.7 cm³/mol. The van der Waals surface area contributed by atoms with Gasteiger partial charge < -0.3 is 15.3 Å². The van der Waals surface area contributed by atoms with Gasteiger partial charge in [-0.2, -0.15) is 0 Å². The lowest BCUT2D eigenvalue weighted by Crippen LogP contribution is -2.50. The van der Waals surface area contributed by atoms with Crippen molar-refractivity contribution in [2.24, 2.45) is 5.92 Å². The van der Waals surface area contributed by atoms with E-state index in [1.807, 2.05) is 13.0 Å². The van der Waals surface area contributed by atoms with Gasteiger partial charge in [-0.1, -0.05) is 37.1 Å². The van der Waals surface area contributed by atoms with E-state index in [1.54, 1.807) is 13.8 Å². The smallest absolute Gasteiger partial charge is 0.171 e. The maximum absolute atomic E-state index is 12.3. The van der Waals surface area contributed by atoms with Crippen molar-refractivity contribution in [3.63, 3.8) is 0 Å². The molecule has 0 aromatic rings. The highest BCUT2D eigenvalue weighted by Gasteiger charge is 2.47. The zero-order valence-electron chi connectivity index (χ0n) is 15.6. The van der Waals surface area contributed by atoms with E-state index >= 15 is 0 Å². The van der Waals surface area contributed by atoms with Gasteiger partial charge >= 0.3 is 0 Å². The van der Waals surface area contributed by atoms with Gasteiger partial charge in [0, 0.05) is 18.8 Å². The second kappa shape index (κ2) is 8.13. The molecule has 0 saturated carbocycles. The third-order valence-electron chi connectivity index (χ3n) is 4.39. The van der Waals surface area contributed by atoms with E-state index in [-0.39, 0.29) is 30.3 Å². The Kier molecular flexibility index (Phi) is 6.99. The summed E-state index contributed by atoms with van der Waals surface area (Å²) < 4.78 is 0. The Morgan fingerprint density at radius 2 is 1.88 bits per heavy atom. The van der Waals surface area contributed by atoms with Crippen LogP contribution in [0, 0.1) is 5.92 Å². The molecular weight excluding hydrogens is 304 g/mol. The maximum atomic E-state index is 12.3. The van der Waals surface area contributed by atoms with Crippen LogP contribution in [0.5, 0.6) is 0 Å². The number of aliphatic hydroxyl groups excluding tert-OH is 1. The zero-order chi connectivity index (χ0) is 18.5. The van der Waals surface area contributed by atoms with E-state index in [1.165, 1.54) is 11.6 Å². The molecule has 4 nitrogen and oxygen atoms in total. The summed E-state index contributed by atoms with van der Waals surface area (Å²) in [5, 5.41) is 31.3. The first-order valence-corrected chi connectivity index (χ1v) is 8.66. The minimum Gasteiger partial charge on any atom is -0.512 e. The molecule has 4 heteroatoms. The van der Waals surface area contributed by atoms with E-state index in [0.717, 1.165) is 18.4 Å². The first-order chi connectivity index (χ1) is 11.0. The number of Topliss-reactive ketones (excluding diaryl/α,β-unsaturated/α-hetero) is 1. The fraction of sp³-hybridized carbons (Fsp3) is 0.650. The zero-order valence-corrected chi connectivity index (χ0v) is 15.6.